The van der Waals surface area contributed by atoms with Crippen LogP contribution >= 0.6 is 0 Å². The summed E-state index contributed by atoms with van der Waals surface area (Å²) in [4.78, 5) is 1.40. The van der Waals surface area contributed by atoms with E-state index < -0.39 is 0 Å². The second-order valence-electron chi connectivity index (χ2n) is 4.19. The van der Waals surface area contributed by atoms with Crippen LogP contribution in [-0.4, -0.2) is 27.3 Å². The van der Waals surface area contributed by atoms with Crippen LogP contribution in [0.2, 0.25) is 0 Å². The summed E-state index contributed by atoms with van der Waals surface area (Å²) in [5.41, 5.74) is 8.04. The number of tetrazole rings is 1. The van der Waals surface area contributed by atoms with Crippen molar-refractivity contribution in [2.24, 2.45) is 0 Å². The third-order valence-electron chi connectivity index (χ3n) is 2.90. The molecule has 0 aliphatic heterocycles. The van der Waals surface area contributed by atoms with E-state index in [1.165, 1.54) is 4.80 Å². The number of rotatable bonds is 3. The predicted molar refractivity (Wildman–Crippen MR) is 75.6 cm³/mol. The molecule has 6 nitrogen and oxygen atoms in total. The van der Waals surface area contributed by atoms with E-state index in [1.807, 2.05) is 30.3 Å². The van der Waals surface area contributed by atoms with Crippen LogP contribution in [0, 0.1) is 0 Å². The zero-order chi connectivity index (χ0) is 13.9. The minimum absolute atomic E-state index is 0.549. The van der Waals surface area contributed by atoms with E-state index in [0.29, 0.717) is 22.9 Å². The Labute approximate surface area is 115 Å². The molecule has 100 valence electrons. The van der Waals surface area contributed by atoms with Crippen LogP contribution in [0.1, 0.15) is 0 Å². The van der Waals surface area contributed by atoms with Crippen molar-refractivity contribution in [3.05, 3.63) is 48.5 Å². The Kier molecular flexibility index (Phi) is 3.04. The Balaban J connectivity index is 2.02. The highest BCUT2D eigenvalue weighted by atomic mass is 16.5. The number of benzene rings is 2. The highest BCUT2D eigenvalue weighted by Crippen LogP contribution is 2.22. The Bertz CT molecular complexity index is 723. The van der Waals surface area contributed by atoms with E-state index in [2.05, 4.69) is 15.4 Å². The van der Waals surface area contributed by atoms with Crippen LogP contribution in [-0.2, 0) is 0 Å². The minimum Gasteiger partial charge on any atom is -0.497 e. The molecule has 0 saturated carbocycles. The first-order chi connectivity index (χ1) is 9.78. The van der Waals surface area contributed by atoms with Crippen molar-refractivity contribution in [2.45, 2.75) is 0 Å². The lowest BCUT2D eigenvalue weighted by Gasteiger charge is -2.05. The molecule has 6 heteroatoms. The monoisotopic (exact) mass is 267 g/mol. The summed E-state index contributed by atoms with van der Waals surface area (Å²) in [7, 11) is 1.60. The van der Waals surface area contributed by atoms with Gasteiger partial charge in [-0.3, -0.25) is 0 Å². The molecule has 0 bridgehead atoms. The van der Waals surface area contributed by atoms with Gasteiger partial charge in [0.25, 0.3) is 0 Å². The van der Waals surface area contributed by atoms with Gasteiger partial charge in [-0.2, -0.15) is 0 Å². The standard InChI is InChI=1S/C14H13N5O/c1-20-11-7-8-12(15)13(9-11)19-17-14(16-18-19)10-5-3-2-4-6-10/h2-9H,15H2,1H3. The molecule has 20 heavy (non-hydrogen) atoms. The van der Waals surface area contributed by atoms with Crippen molar-refractivity contribution in [3.8, 4) is 22.8 Å². The van der Waals surface area contributed by atoms with Gasteiger partial charge in [-0.05, 0) is 17.3 Å². The lowest BCUT2D eigenvalue weighted by molar-refractivity contribution is 0.414. The van der Waals surface area contributed by atoms with Gasteiger partial charge in [-0.25, -0.2) is 0 Å². The highest BCUT2D eigenvalue weighted by Gasteiger charge is 2.10. The summed E-state index contributed by atoms with van der Waals surface area (Å²) in [5.74, 6) is 1.24. The fourth-order valence-corrected chi connectivity index (χ4v) is 1.84. The third-order valence-corrected chi connectivity index (χ3v) is 2.90. The smallest absolute Gasteiger partial charge is 0.205 e. The van der Waals surface area contributed by atoms with Crippen LogP contribution in [0.3, 0.4) is 0 Å². The van der Waals surface area contributed by atoms with Crippen molar-refractivity contribution in [1.29, 1.82) is 0 Å². The van der Waals surface area contributed by atoms with Gasteiger partial charge < -0.3 is 10.5 Å². The summed E-state index contributed by atoms with van der Waals surface area (Å²) in [6, 6.07) is 15.0. The van der Waals surface area contributed by atoms with Crippen LogP contribution in [0.4, 0.5) is 5.69 Å². The molecule has 0 spiro atoms. The number of nitrogens with zero attached hydrogens (tertiary/aromatic N) is 4. The highest BCUT2D eigenvalue weighted by molar-refractivity contribution is 5.60. The van der Waals surface area contributed by atoms with Crippen LogP contribution < -0.4 is 10.5 Å². The third kappa shape index (κ3) is 2.18. The SMILES string of the molecule is COc1ccc(N)c(-n2nnc(-c3ccccc3)n2)c1. The van der Waals surface area contributed by atoms with E-state index in [0.717, 1.165) is 5.56 Å². The van der Waals surface area contributed by atoms with Gasteiger partial charge in [0.2, 0.25) is 5.82 Å². The van der Waals surface area contributed by atoms with Crippen molar-refractivity contribution in [3.63, 3.8) is 0 Å². The molecular weight excluding hydrogens is 254 g/mol. The van der Waals surface area contributed by atoms with Crippen LogP contribution in [0.5, 0.6) is 5.75 Å². The molecular formula is C14H13N5O. The van der Waals surface area contributed by atoms with E-state index in [4.69, 9.17) is 10.5 Å². The van der Waals surface area contributed by atoms with E-state index >= 15 is 0 Å². The van der Waals surface area contributed by atoms with E-state index in [9.17, 15) is 0 Å². The maximum absolute atomic E-state index is 5.94. The summed E-state index contributed by atoms with van der Waals surface area (Å²) in [5, 5.41) is 12.4. The lowest BCUT2D eigenvalue weighted by Crippen LogP contribution is -2.04. The second-order valence-corrected chi connectivity index (χ2v) is 4.19. The fourth-order valence-electron chi connectivity index (χ4n) is 1.84. The normalized spacial score (nSPS) is 10.4. The number of nitrogens with two attached hydrogens (primary N) is 1. The van der Waals surface area contributed by atoms with E-state index in [-0.39, 0.29) is 0 Å². The molecule has 1 aromatic heterocycles. The number of hydrogen-bond donors (Lipinski definition) is 1. The van der Waals surface area contributed by atoms with Gasteiger partial charge in [-0.1, -0.05) is 30.3 Å². The molecule has 0 unspecified atom stereocenters. The maximum atomic E-state index is 5.94. The second kappa shape index (κ2) is 5.00. The molecule has 0 saturated heterocycles. The Morgan fingerprint density at radius 1 is 1.10 bits per heavy atom. The molecule has 2 aromatic carbocycles. The first-order valence-corrected chi connectivity index (χ1v) is 6.07. The average molecular weight is 267 g/mol. The molecule has 0 fully saturated rings. The first-order valence-electron chi connectivity index (χ1n) is 6.07. The number of ether oxygens (including phenoxy) is 1. The topological polar surface area (TPSA) is 78.9 Å². The minimum atomic E-state index is 0.549. The Morgan fingerprint density at radius 2 is 1.90 bits per heavy atom. The summed E-state index contributed by atoms with van der Waals surface area (Å²) >= 11 is 0. The van der Waals surface area contributed by atoms with Crippen molar-refractivity contribution >= 4 is 5.69 Å². The lowest BCUT2D eigenvalue weighted by atomic mass is 10.2. The summed E-state index contributed by atoms with van der Waals surface area (Å²) in [6.07, 6.45) is 0. The molecule has 0 atom stereocenters. The maximum Gasteiger partial charge on any atom is 0.205 e. The summed E-state index contributed by atoms with van der Waals surface area (Å²) in [6.45, 7) is 0. The number of nitrogen functional groups attached to an aromatic ring is 1. The Hall–Kier alpha value is -2.89. The van der Waals surface area contributed by atoms with Gasteiger partial charge in [0.1, 0.15) is 11.4 Å². The van der Waals surface area contributed by atoms with E-state index in [1.54, 1.807) is 25.3 Å². The average Bonchev–Trinajstić information content (AvgIpc) is 2.98. The van der Waals surface area contributed by atoms with Crippen molar-refractivity contribution in [1.82, 2.24) is 20.2 Å². The quantitative estimate of drug-likeness (QED) is 0.733. The van der Waals surface area contributed by atoms with Crippen molar-refractivity contribution in [2.75, 3.05) is 12.8 Å². The van der Waals surface area contributed by atoms with Crippen LogP contribution in [0.25, 0.3) is 17.1 Å². The van der Waals surface area contributed by atoms with Gasteiger partial charge >= 0.3 is 0 Å². The van der Waals surface area contributed by atoms with Crippen LogP contribution in [0.15, 0.2) is 48.5 Å². The molecule has 0 aliphatic rings. The number of methoxy groups -OCH3 is 1. The number of aromatic nitrogens is 4. The number of anilines is 1. The largest absolute Gasteiger partial charge is 0.497 e. The summed E-state index contributed by atoms with van der Waals surface area (Å²) < 4.78 is 5.18. The van der Waals surface area contributed by atoms with Gasteiger partial charge in [0.05, 0.1) is 12.8 Å². The van der Waals surface area contributed by atoms with Gasteiger partial charge in [-0.15, -0.1) is 15.0 Å². The molecule has 0 radical (unpaired) electrons. The van der Waals surface area contributed by atoms with Gasteiger partial charge in [0, 0.05) is 11.6 Å². The molecule has 3 aromatic rings. The fraction of sp³-hybridized carbons (Fsp3) is 0.0714. The molecule has 0 aliphatic carbocycles. The Morgan fingerprint density at radius 3 is 2.65 bits per heavy atom. The zero-order valence-corrected chi connectivity index (χ0v) is 10.9. The predicted octanol–water partition coefficient (Wildman–Crippen LogP) is 1.92. The molecule has 3 rings (SSSR count). The molecule has 2 N–H and O–H groups in total. The van der Waals surface area contributed by atoms with Gasteiger partial charge in [0.15, 0.2) is 0 Å². The molecule has 0 amide bonds. The zero-order valence-electron chi connectivity index (χ0n) is 10.9. The van der Waals surface area contributed by atoms with Crippen molar-refractivity contribution < 1.29 is 4.74 Å². The number of hydrogen-bond acceptors (Lipinski definition) is 5. The first kappa shape index (κ1) is 12.2. The molecule has 1 heterocycles.